The molecule has 0 unspecified atom stereocenters. The highest BCUT2D eigenvalue weighted by molar-refractivity contribution is 5.67. The van der Waals surface area contributed by atoms with E-state index in [1.807, 2.05) is 32.9 Å². The van der Waals surface area contributed by atoms with Gasteiger partial charge in [-0.25, -0.2) is 4.79 Å². The molecule has 5 nitrogen and oxygen atoms in total. The van der Waals surface area contributed by atoms with Gasteiger partial charge in [0.1, 0.15) is 13.2 Å². The first-order chi connectivity index (χ1) is 9.47. The lowest BCUT2D eigenvalue weighted by Crippen LogP contribution is -2.41. The lowest BCUT2D eigenvalue weighted by molar-refractivity contribution is 0.0835. The van der Waals surface area contributed by atoms with Crippen LogP contribution in [0.15, 0.2) is 24.5 Å². The summed E-state index contributed by atoms with van der Waals surface area (Å²) in [5.74, 6) is 5.78. The van der Waals surface area contributed by atoms with Crippen molar-refractivity contribution >= 4 is 6.09 Å². The third kappa shape index (κ3) is 8.11. The lowest BCUT2D eigenvalue weighted by Gasteiger charge is -2.19. The van der Waals surface area contributed by atoms with E-state index in [0.29, 0.717) is 13.2 Å². The van der Waals surface area contributed by atoms with E-state index < -0.39 is 6.09 Å². The Kier molecular flexibility index (Phi) is 6.54. The molecule has 20 heavy (non-hydrogen) atoms. The van der Waals surface area contributed by atoms with Crippen molar-refractivity contribution in [3.05, 3.63) is 30.1 Å². The van der Waals surface area contributed by atoms with Crippen LogP contribution in [0.5, 0.6) is 0 Å². The first-order valence-corrected chi connectivity index (χ1v) is 6.39. The first-order valence-electron chi connectivity index (χ1n) is 6.39. The second-order valence-electron chi connectivity index (χ2n) is 5.11. The molecule has 0 saturated heterocycles. The largest absolute Gasteiger partial charge is 0.447 e. The summed E-state index contributed by atoms with van der Waals surface area (Å²) in [4.78, 5) is 15.3. The molecular formula is C15H20N2O3. The van der Waals surface area contributed by atoms with Crippen LogP contribution >= 0.6 is 0 Å². The molecule has 0 aliphatic carbocycles. The second-order valence-corrected chi connectivity index (χ2v) is 5.11. The Labute approximate surface area is 119 Å². The molecule has 5 heteroatoms. The van der Waals surface area contributed by atoms with Gasteiger partial charge < -0.3 is 14.8 Å². The molecule has 0 radical (unpaired) electrons. The van der Waals surface area contributed by atoms with Gasteiger partial charge in [0.15, 0.2) is 0 Å². The van der Waals surface area contributed by atoms with Crippen molar-refractivity contribution in [2.45, 2.75) is 26.3 Å². The Bertz CT molecular complexity index is 469. The van der Waals surface area contributed by atoms with Crippen molar-refractivity contribution in [2.75, 3.05) is 19.8 Å². The average Bonchev–Trinajstić information content (AvgIpc) is 2.37. The summed E-state index contributed by atoms with van der Waals surface area (Å²) in [5, 5.41) is 2.69. The molecule has 0 aromatic carbocycles. The van der Waals surface area contributed by atoms with Gasteiger partial charge in [0.05, 0.1) is 6.61 Å². The fourth-order valence-electron chi connectivity index (χ4n) is 1.23. The molecule has 1 N–H and O–H groups in total. The van der Waals surface area contributed by atoms with Crippen LogP contribution in [-0.2, 0) is 9.47 Å². The van der Waals surface area contributed by atoms with Crippen LogP contribution < -0.4 is 5.32 Å². The van der Waals surface area contributed by atoms with E-state index in [0.717, 1.165) is 5.56 Å². The fourth-order valence-corrected chi connectivity index (χ4v) is 1.23. The van der Waals surface area contributed by atoms with Crippen LogP contribution in [0.25, 0.3) is 0 Å². The normalized spacial score (nSPS) is 10.3. The Morgan fingerprint density at radius 3 is 2.85 bits per heavy atom. The number of nitrogens with zero attached hydrogens (tertiary/aromatic N) is 1. The molecule has 1 aromatic rings. The number of ether oxygens (including phenoxy) is 2. The number of alkyl carbamates (subject to hydrolysis) is 1. The number of hydrogen-bond donors (Lipinski definition) is 1. The minimum absolute atomic E-state index is 0.205. The van der Waals surface area contributed by atoms with Gasteiger partial charge in [-0.05, 0) is 32.9 Å². The van der Waals surface area contributed by atoms with Crippen molar-refractivity contribution in [3.63, 3.8) is 0 Å². The van der Waals surface area contributed by atoms with E-state index in [1.54, 1.807) is 12.4 Å². The van der Waals surface area contributed by atoms with Gasteiger partial charge in [-0.3, -0.25) is 4.98 Å². The summed E-state index contributed by atoms with van der Waals surface area (Å²) in [6.07, 6.45) is 2.94. The molecule has 1 rings (SSSR count). The number of amides is 1. The van der Waals surface area contributed by atoms with Gasteiger partial charge >= 0.3 is 6.09 Å². The standard InChI is InChI=1S/C15H20N2O3/c1-15(2,3)17-14(18)20-11-10-19-9-5-7-13-6-4-8-16-12-13/h4,6,8,12H,9-11H2,1-3H3,(H,17,18). The third-order valence-electron chi connectivity index (χ3n) is 2.01. The maximum atomic E-state index is 11.3. The summed E-state index contributed by atoms with van der Waals surface area (Å²) in [5.41, 5.74) is 0.546. The zero-order chi connectivity index (χ0) is 14.8. The lowest BCUT2D eigenvalue weighted by atomic mass is 10.1. The summed E-state index contributed by atoms with van der Waals surface area (Å²) < 4.78 is 10.2. The minimum atomic E-state index is -0.442. The number of carbonyl (C=O) groups is 1. The molecule has 108 valence electrons. The molecule has 0 aliphatic heterocycles. The number of hydrogen-bond acceptors (Lipinski definition) is 4. The van der Waals surface area contributed by atoms with E-state index in [1.165, 1.54) is 0 Å². The molecule has 0 aliphatic rings. The molecule has 0 saturated carbocycles. The predicted octanol–water partition coefficient (Wildman–Crippen LogP) is 1.97. The SMILES string of the molecule is CC(C)(C)NC(=O)OCCOCC#Cc1cccnc1. The fraction of sp³-hybridized carbons (Fsp3) is 0.467. The molecule has 0 bridgehead atoms. The number of nitrogens with one attached hydrogen (secondary N) is 1. The molecule has 1 heterocycles. The van der Waals surface area contributed by atoms with Crippen molar-refractivity contribution in [2.24, 2.45) is 0 Å². The number of pyridine rings is 1. The van der Waals surface area contributed by atoms with Gasteiger partial charge in [-0.1, -0.05) is 11.8 Å². The molecule has 0 spiro atoms. The zero-order valence-corrected chi connectivity index (χ0v) is 12.1. The minimum Gasteiger partial charge on any atom is -0.447 e. The maximum Gasteiger partial charge on any atom is 0.407 e. The van der Waals surface area contributed by atoms with Crippen molar-refractivity contribution in [1.29, 1.82) is 0 Å². The number of carbonyl (C=O) groups excluding carboxylic acids is 1. The smallest absolute Gasteiger partial charge is 0.407 e. The monoisotopic (exact) mass is 276 g/mol. The maximum absolute atomic E-state index is 11.3. The number of aromatic nitrogens is 1. The van der Waals surface area contributed by atoms with Gasteiger partial charge in [-0.15, -0.1) is 0 Å². The van der Waals surface area contributed by atoms with Gasteiger partial charge in [0.25, 0.3) is 0 Å². The van der Waals surface area contributed by atoms with Gasteiger partial charge in [0.2, 0.25) is 0 Å². The van der Waals surface area contributed by atoms with Gasteiger partial charge in [0, 0.05) is 23.5 Å². The Balaban J connectivity index is 2.09. The highest BCUT2D eigenvalue weighted by atomic mass is 16.6. The summed E-state index contributed by atoms with van der Waals surface area (Å²) in [7, 11) is 0. The van der Waals surface area contributed by atoms with Crippen LogP contribution in [0.1, 0.15) is 26.3 Å². The second kappa shape index (κ2) is 8.18. The van der Waals surface area contributed by atoms with E-state index in [9.17, 15) is 4.79 Å². The van der Waals surface area contributed by atoms with E-state index >= 15 is 0 Å². The quantitative estimate of drug-likeness (QED) is 0.674. The molecule has 0 fully saturated rings. The highest BCUT2D eigenvalue weighted by Crippen LogP contribution is 1.98. The Hall–Kier alpha value is -2.06. The van der Waals surface area contributed by atoms with Crippen LogP contribution in [0.2, 0.25) is 0 Å². The number of rotatable bonds is 4. The van der Waals surface area contributed by atoms with Crippen LogP contribution in [0, 0.1) is 11.8 Å². The van der Waals surface area contributed by atoms with E-state index in [-0.39, 0.29) is 12.1 Å². The topological polar surface area (TPSA) is 60.5 Å². The van der Waals surface area contributed by atoms with Gasteiger partial charge in [-0.2, -0.15) is 0 Å². The first kappa shape index (κ1) is 16.0. The Morgan fingerprint density at radius 2 is 2.20 bits per heavy atom. The molecular weight excluding hydrogens is 256 g/mol. The highest BCUT2D eigenvalue weighted by Gasteiger charge is 2.13. The van der Waals surface area contributed by atoms with Crippen LogP contribution in [0.4, 0.5) is 4.79 Å². The summed E-state index contributed by atoms with van der Waals surface area (Å²) in [6.45, 7) is 6.48. The van der Waals surface area contributed by atoms with Crippen molar-refractivity contribution in [1.82, 2.24) is 10.3 Å². The van der Waals surface area contributed by atoms with E-state index in [2.05, 4.69) is 22.1 Å². The van der Waals surface area contributed by atoms with Crippen molar-refractivity contribution < 1.29 is 14.3 Å². The molecule has 1 amide bonds. The predicted molar refractivity (Wildman–Crippen MR) is 76.2 cm³/mol. The Morgan fingerprint density at radius 1 is 1.40 bits per heavy atom. The summed E-state index contributed by atoms with van der Waals surface area (Å²) >= 11 is 0. The van der Waals surface area contributed by atoms with Crippen LogP contribution in [0.3, 0.4) is 0 Å². The van der Waals surface area contributed by atoms with Crippen molar-refractivity contribution in [3.8, 4) is 11.8 Å². The van der Waals surface area contributed by atoms with E-state index in [4.69, 9.17) is 9.47 Å². The molecule has 0 atom stereocenters. The average molecular weight is 276 g/mol. The van der Waals surface area contributed by atoms with Crippen LogP contribution in [-0.4, -0.2) is 36.4 Å². The summed E-state index contributed by atoms with van der Waals surface area (Å²) in [6, 6.07) is 3.70. The molecule has 1 aromatic heterocycles. The zero-order valence-electron chi connectivity index (χ0n) is 12.1. The third-order valence-corrected chi connectivity index (χ3v) is 2.01.